The molecule has 0 saturated carbocycles. The molecular formula is C27H28N2O5S. The molecule has 182 valence electrons. The van der Waals surface area contributed by atoms with Crippen molar-refractivity contribution in [3.05, 3.63) is 108 Å². The fourth-order valence-corrected chi connectivity index (χ4v) is 4.05. The van der Waals surface area contributed by atoms with E-state index in [4.69, 9.17) is 9.47 Å². The molecule has 0 saturated heterocycles. The summed E-state index contributed by atoms with van der Waals surface area (Å²) in [5, 5.41) is 5.16. The fourth-order valence-electron chi connectivity index (χ4n) is 3.03. The Morgan fingerprint density at radius 1 is 0.714 bits per heavy atom. The summed E-state index contributed by atoms with van der Waals surface area (Å²) >= 11 is 1.49. The lowest BCUT2D eigenvalue weighted by molar-refractivity contribution is -0.145. The molecule has 0 aliphatic rings. The van der Waals surface area contributed by atoms with Crippen LogP contribution in [0.2, 0.25) is 0 Å². The smallest absolute Gasteiger partial charge is 0.408 e. The third kappa shape index (κ3) is 9.93. The molecule has 0 spiro atoms. The second-order valence-electron chi connectivity index (χ2n) is 7.62. The van der Waals surface area contributed by atoms with Crippen molar-refractivity contribution < 1.29 is 23.9 Å². The predicted molar refractivity (Wildman–Crippen MR) is 135 cm³/mol. The van der Waals surface area contributed by atoms with Gasteiger partial charge < -0.3 is 20.1 Å². The van der Waals surface area contributed by atoms with Crippen LogP contribution in [0.4, 0.5) is 4.79 Å². The Hall–Kier alpha value is -3.78. The molecule has 7 nitrogen and oxygen atoms in total. The fraction of sp³-hybridized carbons (Fsp3) is 0.222. The van der Waals surface area contributed by atoms with Gasteiger partial charge in [0.05, 0.1) is 0 Å². The van der Waals surface area contributed by atoms with Crippen molar-refractivity contribution in [2.24, 2.45) is 0 Å². The van der Waals surface area contributed by atoms with E-state index in [2.05, 4.69) is 10.6 Å². The van der Waals surface area contributed by atoms with Crippen molar-refractivity contribution in [3.8, 4) is 0 Å². The Labute approximate surface area is 209 Å². The van der Waals surface area contributed by atoms with E-state index in [1.165, 1.54) is 11.8 Å². The minimum absolute atomic E-state index is 0.0873. The monoisotopic (exact) mass is 492 g/mol. The summed E-state index contributed by atoms with van der Waals surface area (Å²) in [4.78, 5) is 37.2. The first-order chi connectivity index (χ1) is 17.1. The minimum Gasteiger partial charge on any atom is -0.460 e. The second kappa shape index (κ2) is 14.5. The van der Waals surface area contributed by atoms with E-state index in [1.807, 2.05) is 91.0 Å². The normalized spacial score (nSPS) is 11.2. The quantitative estimate of drug-likeness (QED) is 0.370. The highest BCUT2D eigenvalue weighted by molar-refractivity contribution is 7.98. The lowest BCUT2D eigenvalue weighted by Crippen LogP contribution is -2.49. The van der Waals surface area contributed by atoms with Crippen LogP contribution in [-0.4, -0.2) is 36.3 Å². The molecule has 0 aromatic heterocycles. The summed E-state index contributed by atoms with van der Waals surface area (Å²) in [6, 6.07) is 27.5. The van der Waals surface area contributed by atoms with Crippen LogP contribution in [0.1, 0.15) is 16.7 Å². The third-order valence-corrected chi connectivity index (χ3v) is 5.97. The first-order valence-electron chi connectivity index (χ1n) is 11.2. The number of benzene rings is 3. The number of amides is 2. The molecule has 0 radical (unpaired) electrons. The van der Waals surface area contributed by atoms with Crippen LogP contribution in [0.15, 0.2) is 91.0 Å². The zero-order valence-corrected chi connectivity index (χ0v) is 20.0. The highest BCUT2D eigenvalue weighted by Gasteiger charge is 2.22. The Bertz CT molecular complexity index is 1060. The van der Waals surface area contributed by atoms with Gasteiger partial charge in [-0.15, -0.1) is 0 Å². The molecule has 3 aromatic rings. The number of esters is 1. The molecule has 3 aromatic carbocycles. The van der Waals surface area contributed by atoms with E-state index in [-0.39, 0.29) is 19.8 Å². The Morgan fingerprint density at radius 3 is 1.80 bits per heavy atom. The van der Waals surface area contributed by atoms with Gasteiger partial charge in [0.1, 0.15) is 25.8 Å². The van der Waals surface area contributed by atoms with Crippen molar-refractivity contribution in [1.82, 2.24) is 10.6 Å². The lowest BCUT2D eigenvalue weighted by atomic mass is 10.2. The number of rotatable bonds is 12. The van der Waals surface area contributed by atoms with Crippen molar-refractivity contribution in [2.45, 2.75) is 25.0 Å². The van der Waals surface area contributed by atoms with E-state index in [1.54, 1.807) is 0 Å². The summed E-state index contributed by atoms with van der Waals surface area (Å²) < 4.78 is 10.5. The zero-order chi connectivity index (χ0) is 24.7. The average Bonchev–Trinajstić information content (AvgIpc) is 2.90. The van der Waals surface area contributed by atoms with Crippen LogP contribution < -0.4 is 10.6 Å². The van der Waals surface area contributed by atoms with E-state index in [9.17, 15) is 14.4 Å². The van der Waals surface area contributed by atoms with Gasteiger partial charge in [0, 0.05) is 11.5 Å². The average molecular weight is 493 g/mol. The molecule has 8 heteroatoms. The Morgan fingerprint density at radius 2 is 1.23 bits per heavy atom. The van der Waals surface area contributed by atoms with Gasteiger partial charge in [0.15, 0.2) is 0 Å². The molecule has 0 fully saturated rings. The molecule has 0 bridgehead atoms. The van der Waals surface area contributed by atoms with Crippen molar-refractivity contribution >= 4 is 29.7 Å². The number of alkyl carbamates (subject to hydrolysis) is 1. The van der Waals surface area contributed by atoms with Crippen molar-refractivity contribution in [2.75, 3.05) is 12.3 Å². The maximum atomic E-state index is 12.8. The topological polar surface area (TPSA) is 93.7 Å². The molecule has 0 aliphatic carbocycles. The lowest BCUT2D eigenvalue weighted by Gasteiger charge is -2.18. The number of carbonyl (C=O) groups excluding carboxylic acids is 3. The van der Waals surface area contributed by atoms with E-state index in [0.29, 0.717) is 11.5 Å². The van der Waals surface area contributed by atoms with Crippen LogP contribution in [0.25, 0.3) is 0 Å². The molecule has 1 atom stereocenters. The molecule has 0 heterocycles. The van der Waals surface area contributed by atoms with Crippen LogP contribution in [-0.2, 0) is 38.0 Å². The van der Waals surface area contributed by atoms with E-state index < -0.39 is 24.0 Å². The zero-order valence-electron chi connectivity index (χ0n) is 19.2. The summed E-state index contributed by atoms with van der Waals surface area (Å²) in [5.74, 6) is -0.0755. The van der Waals surface area contributed by atoms with Gasteiger partial charge in [-0.05, 0) is 16.7 Å². The largest absolute Gasteiger partial charge is 0.460 e. The van der Waals surface area contributed by atoms with Gasteiger partial charge in [-0.3, -0.25) is 9.59 Å². The van der Waals surface area contributed by atoms with Crippen LogP contribution in [0.3, 0.4) is 0 Å². The molecule has 0 aliphatic heterocycles. The summed E-state index contributed by atoms with van der Waals surface area (Å²) in [6.07, 6.45) is -0.707. The number of thioether (sulfide) groups is 1. The van der Waals surface area contributed by atoms with Gasteiger partial charge >= 0.3 is 12.1 Å². The standard InChI is InChI=1S/C27H28N2O5S/c30-25(33-17-21-10-4-1-5-11-21)16-28-26(31)24(20-35-19-23-14-8-3-9-15-23)29-27(32)34-18-22-12-6-2-7-13-22/h1-15,24H,16-20H2,(H,28,31)(H,29,32)/t24-/m0/s1. The number of carbonyl (C=O) groups is 3. The number of nitrogens with one attached hydrogen (secondary N) is 2. The minimum atomic E-state index is -0.881. The summed E-state index contributed by atoms with van der Waals surface area (Å²) in [6.45, 7) is -0.0911. The Balaban J connectivity index is 1.49. The number of hydrogen-bond acceptors (Lipinski definition) is 6. The van der Waals surface area contributed by atoms with Gasteiger partial charge in [0.25, 0.3) is 0 Å². The molecule has 2 N–H and O–H groups in total. The summed E-state index contributed by atoms with van der Waals surface area (Å²) in [5.41, 5.74) is 2.79. The van der Waals surface area contributed by atoms with E-state index in [0.717, 1.165) is 16.7 Å². The molecule has 35 heavy (non-hydrogen) atoms. The van der Waals surface area contributed by atoms with Crippen LogP contribution >= 0.6 is 11.8 Å². The molecular weight excluding hydrogens is 464 g/mol. The number of hydrogen-bond donors (Lipinski definition) is 2. The summed E-state index contributed by atoms with van der Waals surface area (Å²) in [7, 11) is 0. The highest BCUT2D eigenvalue weighted by atomic mass is 32.2. The third-order valence-electron chi connectivity index (χ3n) is 4.87. The van der Waals surface area contributed by atoms with Crippen LogP contribution in [0.5, 0.6) is 0 Å². The van der Waals surface area contributed by atoms with Crippen molar-refractivity contribution in [3.63, 3.8) is 0 Å². The molecule has 0 unspecified atom stereocenters. The van der Waals surface area contributed by atoms with Gasteiger partial charge in [-0.1, -0.05) is 91.0 Å². The molecule has 3 rings (SSSR count). The first kappa shape index (κ1) is 25.8. The molecule has 2 amide bonds. The Kier molecular flexibility index (Phi) is 10.7. The van der Waals surface area contributed by atoms with Gasteiger partial charge in [0.2, 0.25) is 5.91 Å². The van der Waals surface area contributed by atoms with Gasteiger partial charge in [-0.2, -0.15) is 11.8 Å². The SMILES string of the molecule is O=C(CNC(=O)[C@H](CSCc1ccccc1)NC(=O)OCc1ccccc1)OCc1ccccc1. The maximum absolute atomic E-state index is 12.8. The van der Waals surface area contributed by atoms with Crippen molar-refractivity contribution in [1.29, 1.82) is 0 Å². The van der Waals surface area contributed by atoms with Crippen LogP contribution in [0, 0.1) is 0 Å². The second-order valence-corrected chi connectivity index (χ2v) is 8.65. The maximum Gasteiger partial charge on any atom is 0.408 e. The number of ether oxygens (including phenoxy) is 2. The first-order valence-corrected chi connectivity index (χ1v) is 12.3. The van der Waals surface area contributed by atoms with Gasteiger partial charge in [-0.25, -0.2) is 4.79 Å². The van der Waals surface area contributed by atoms with E-state index >= 15 is 0 Å². The highest BCUT2D eigenvalue weighted by Crippen LogP contribution is 2.13. The predicted octanol–water partition coefficient (Wildman–Crippen LogP) is 4.07.